The van der Waals surface area contributed by atoms with Gasteiger partial charge in [-0.3, -0.25) is 0 Å². The van der Waals surface area contributed by atoms with Crippen LogP contribution < -0.4 is 4.90 Å². The van der Waals surface area contributed by atoms with E-state index in [2.05, 4.69) is 216 Å². The number of aromatic nitrogens is 1. The number of hydrogen-bond acceptors (Lipinski definition) is 2. The van der Waals surface area contributed by atoms with E-state index in [1.807, 2.05) is 11.3 Å². The predicted octanol–water partition coefficient (Wildman–Crippen LogP) is 15.1. The van der Waals surface area contributed by atoms with E-state index in [-0.39, 0.29) is 0 Å². The Morgan fingerprint density at radius 1 is 0.400 bits per heavy atom. The Hall–Kier alpha value is -6.94. The van der Waals surface area contributed by atoms with E-state index >= 15 is 0 Å². The zero-order valence-corrected chi connectivity index (χ0v) is 30.7. The number of anilines is 3. The highest BCUT2D eigenvalue weighted by Crippen LogP contribution is 2.47. The summed E-state index contributed by atoms with van der Waals surface area (Å²) in [7, 11) is 0. The Labute approximate surface area is 323 Å². The smallest absolute Gasteiger partial charge is 0.0562 e. The summed E-state index contributed by atoms with van der Waals surface area (Å²) in [6.07, 6.45) is 0. The SMILES string of the molecule is c1ccc(-c2ccccc2N(c2ccc(-c3ccc4sc5c6ccccc6ccc5c4c3)cc2)c2cccc3c2c2ccccc2n3-c2ccccc2)cc1. The summed E-state index contributed by atoms with van der Waals surface area (Å²) in [6, 6.07) is 75.1. The third-order valence-corrected chi connectivity index (χ3v) is 12.2. The van der Waals surface area contributed by atoms with Gasteiger partial charge in [-0.05, 0) is 88.1 Å². The average Bonchev–Trinajstić information content (AvgIpc) is 3.81. The highest BCUT2D eigenvalue weighted by molar-refractivity contribution is 7.26. The molecule has 0 amide bonds. The fourth-order valence-corrected chi connectivity index (χ4v) is 9.69. The molecule has 0 N–H and O–H groups in total. The molecule has 0 unspecified atom stereocenters. The van der Waals surface area contributed by atoms with E-state index in [0.29, 0.717) is 0 Å². The van der Waals surface area contributed by atoms with Gasteiger partial charge in [0.05, 0.1) is 22.4 Å². The predicted molar refractivity (Wildman–Crippen MR) is 237 cm³/mol. The van der Waals surface area contributed by atoms with Crippen LogP contribution in [0.2, 0.25) is 0 Å². The lowest BCUT2D eigenvalue weighted by molar-refractivity contribution is 1.18. The molecule has 9 aromatic carbocycles. The molecule has 0 saturated carbocycles. The van der Waals surface area contributed by atoms with Crippen LogP contribution in [0, 0.1) is 0 Å². The zero-order chi connectivity index (χ0) is 36.3. The number of rotatable bonds is 6. The fraction of sp³-hybridized carbons (Fsp3) is 0. The van der Waals surface area contributed by atoms with Crippen LogP contribution in [-0.2, 0) is 0 Å². The van der Waals surface area contributed by atoms with Crippen LogP contribution in [0.15, 0.2) is 206 Å². The van der Waals surface area contributed by atoms with Crippen molar-refractivity contribution in [1.82, 2.24) is 4.57 Å². The second kappa shape index (κ2) is 12.9. The van der Waals surface area contributed by atoms with Crippen molar-refractivity contribution in [1.29, 1.82) is 0 Å². The van der Waals surface area contributed by atoms with Gasteiger partial charge in [0, 0.05) is 47.9 Å². The molecule has 2 aromatic heterocycles. The van der Waals surface area contributed by atoms with Crippen molar-refractivity contribution in [2.24, 2.45) is 0 Å². The van der Waals surface area contributed by atoms with Crippen LogP contribution in [0.5, 0.6) is 0 Å². The lowest BCUT2D eigenvalue weighted by Crippen LogP contribution is -2.11. The average molecular weight is 719 g/mol. The molecule has 0 atom stereocenters. The lowest BCUT2D eigenvalue weighted by atomic mass is 9.99. The summed E-state index contributed by atoms with van der Waals surface area (Å²) in [5.74, 6) is 0. The standard InChI is InChI=1S/C52H34N2S/c1-3-14-36(15-4-1)41-19-9-11-22-46(41)54(49-25-13-24-48-51(49)44-21-10-12-23-47(44)53(48)39-17-5-2-6-18-39)40-30-26-35(27-31-40)38-29-33-50-45(34-38)43-32-28-37-16-7-8-20-42(37)52(43)55-50/h1-34H. The Kier molecular flexibility index (Phi) is 7.39. The minimum atomic E-state index is 1.10. The Balaban J connectivity index is 1.11. The van der Waals surface area contributed by atoms with Gasteiger partial charge in [0.15, 0.2) is 0 Å². The second-order valence-corrected chi connectivity index (χ2v) is 15.2. The van der Waals surface area contributed by atoms with Gasteiger partial charge in [0.2, 0.25) is 0 Å². The first-order valence-corrected chi connectivity index (χ1v) is 19.6. The summed E-state index contributed by atoms with van der Waals surface area (Å²) < 4.78 is 5.07. The van der Waals surface area contributed by atoms with Crippen LogP contribution in [0.25, 0.3) is 80.7 Å². The summed E-state index contributed by atoms with van der Waals surface area (Å²) in [5, 5.41) is 7.69. The molecule has 11 rings (SSSR count). The van der Waals surface area contributed by atoms with Crippen LogP contribution in [0.4, 0.5) is 17.1 Å². The quantitative estimate of drug-likeness (QED) is 0.166. The minimum absolute atomic E-state index is 1.10. The van der Waals surface area contributed by atoms with Crippen LogP contribution >= 0.6 is 11.3 Å². The normalized spacial score (nSPS) is 11.6. The molecule has 0 spiro atoms. The summed E-state index contributed by atoms with van der Waals surface area (Å²) in [4.78, 5) is 2.46. The lowest BCUT2D eigenvalue weighted by Gasteiger charge is -2.29. The maximum atomic E-state index is 2.46. The van der Waals surface area contributed by atoms with Gasteiger partial charge >= 0.3 is 0 Å². The van der Waals surface area contributed by atoms with Crippen molar-refractivity contribution in [3.8, 4) is 27.9 Å². The minimum Gasteiger partial charge on any atom is -0.309 e. The molecule has 258 valence electrons. The third-order valence-electron chi connectivity index (χ3n) is 11.0. The van der Waals surface area contributed by atoms with Gasteiger partial charge in [0.25, 0.3) is 0 Å². The first-order chi connectivity index (χ1) is 27.3. The highest BCUT2D eigenvalue weighted by Gasteiger charge is 2.23. The highest BCUT2D eigenvalue weighted by atomic mass is 32.1. The maximum Gasteiger partial charge on any atom is 0.0562 e. The first kappa shape index (κ1) is 31.6. The van der Waals surface area contributed by atoms with Gasteiger partial charge in [-0.2, -0.15) is 0 Å². The monoisotopic (exact) mass is 718 g/mol. The number of para-hydroxylation sites is 3. The van der Waals surface area contributed by atoms with Crippen molar-refractivity contribution < 1.29 is 0 Å². The largest absolute Gasteiger partial charge is 0.309 e. The first-order valence-electron chi connectivity index (χ1n) is 18.8. The van der Waals surface area contributed by atoms with Gasteiger partial charge in [-0.25, -0.2) is 0 Å². The number of benzene rings is 9. The molecular weight excluding hydrogens is 685 g/mol. The van der Waals surface area contributed by atoms with Gasteiger partial charge in [-0.15, -0.1) is 11.3 Å². The molecule has 0 radical (unpaired) electrons. The number of hydrogen-bond donors (Lipinski definition) is 0. The molecule has 55 heavy (non-hydrogen) atoms. The molecular formula is C52H34N2S. The van der Waals surface area contributed by atoms with Crippen LogP contribution in [0.3, 0.4) is 0 Å². The topological polar surface area (TPSA) is 8.17 Å². The molecule has 3 heteroatoms. The van der Waals surface area contributed by atoms with Crippen molar-refractivity contribution in [2.45, 2.75) is 0 Å². The summed E-state index contributed by atoms with van der Waals surface area (Å²) in [5.41, 5.74) is 11.7. The molecule has 0 aliphatic heterocycles. The van der Waals surface area contributed by atoms with Crippen LogP contribution in [-0.4, -0.2) is 4.57 Å². The van der Waals surface area contributed by atoms with E-state index in [0.717, 1.165) is 22.7 Å². The maximum absolute atomic E-state index is 2.46. The number of nitrogens with zero attached hydrogens (tertiary/aromatic N) is 2. The third kappa shape index (κ3) is 5.16. The number of thiophene rings is 1. The molecule has 0 bridgehead atoms. The molecule has 0 aliphatic carbocycles. The van der Waals surface area contributed by atoms with Crippen molar-refractivity contribution >= 4 is 81.1 Å². The van der Waals surface area contributed by atoms with E-state index < -0.39 is 0 Å². The van der Waals surface area contributed by atoms with Gasteiger partial charge in [-0.1, -0.05) is 146 Å². The van der Waals surface area contributed by atoms with Crippen molar-refractivity contribution in [3.05, 3.63) is 206 Å². The van der Waals surface area contributed by atoms with Gasteiger partial charge in [0.1, 0.15) is 0 Å². The Morgan fingerprint density at radius 2 is 1.07 bits per heavy atom. The fourth-order valence-electron chi connectivity index (χ4n) is 8.47. The van der Waals surface area contributed by atoms with E-state index in [1.54, 1.807) is 0 Å². The van der Waals surface area contributed by atoms with E-state index in [4.69, 9.17) is 0 Å². The number of fused-ring (bicyclic) bond motifs is 8. The molecule has 2 nitrogen and oxygen atoms in total. The Morgan fingerprint density at radius 3 is 1.93 bits per heavy atom. The van der Waals surface area contributed by atoms with Crippen LogP contribution in [0.1, 0.15) is 0 Å². The molecule has 0 fully saturated rings. The van der Waals surface area contributed by atoms with Gasteiger partial charge < -0.3 is 9.47 Å². The Bertz CT molecular complexity index is 3190. The second-order valence-electron chi connectivity index (χ2n) is 14.1. The zero-order valence-electron chi connectivity index (χ0n) is 29.9. The molecule has 0 aliphatic rings. The molecule has 11 aromatic rings. The van der Waals surface area contributed by atoms with E-state index in [9.17, 15) is 0 Å². The van der Waals surface area contributed by atoms with Crippen molar-refractivity contribution in [3.63, 3.8) is 0 Å². The van der Waals surface area contributed by atoms with E-state index in [1.165, 1.54) is 75.0 Å². The molecule has 2 heterocycles. The summed E-state index contributed by atoms with van der Waals surface area (Å²) in [6.45, 7) is 0. The van der Waals surface area contributed by atoms with Crippen molar-refractivity contribution in [2.75, 3.05) is 4.90 Å². The summed E-state index contributed by atoms with van der Waals surface area (Å²) >= 11 is 1.89. The molecule has 0 saturated heterocycles.